The molecule has 0 spiro atoms. The van der Waals surface area contributed by atoms with Gasteiger partial charge in [0.2, 0.25) is 0 Å². The highest BCUT2D eigenvalue weighted by molar-refractivity contribution is 5.74. The number of amides is 2. The van der Waals surface area contributed by atoms with Gasteiger partial charge < -0.3 is 19.7 Å². The van der Waals surface area contributed by atoms with Gasteiger partial charge in [-0.1, -0.05) is 12.1 Å². The molecule has 3 aliphatic rings. The molecular formula is C19H27N3O3. The third-order valence-corrected chi connectivity index (χ3v) is 5.32. The molecule has 0 radical (unpaired) electrons. The molecule has 1 aromatic carbocycles. The van der Waals surface area contributed by atoms with E-state index < -0.39 is 0 Å². The van der Waals surface area contributed by atoms with Gasteiger partial charge in [-0.2, -0.15) is 0 Å². The Bertz CT molecular complexity index is 608. The van der Waals surface area contributed by atoms with Gasteiger partial charge in [-0.3, -0.25) is 4.90 Å². The summed E-state index contributed by atoms with van der Waals surface area (Å²) in [5.41, 5.74) is 2.66. The van der Waals surface area contributed by atoms with E-state index in [9.17, 15) is 4.79 Å². The summed E-state index contributed by atoms with van der Waals surface area (Å²) in [7, 11) is 0. The number of fused-ring (bicyclic) bond motifs is 1. The lowest BCUT2D eigenvalue weighted by molar-refractivity contribution is 0.104. The van der Waals surface area contributed by atoms with Crippen molar-refractivity contribution in [3.63, 3.8) is 0 Å². The molecular weight excluding hydrogens is 318 g/mol. The van der Waals surface area contributed by atoms with Crippen molar-refractivity contribution in [2.75, 3.05) is 45.9 Å². The molecule has 1 N–H and O–H groups in total. The normalized spacial score (nSPS) is 23.4. The number of nitrogens with zero attached hydrogens (tertiary/aromatic N) is 2. The summed E-state index contributed by atoms with van der Waals surface area (Å²) in [5.74, 6) is 1.04. The van der Waals surface area contributed by atoms with Crippen molar-refractivity contribution in [2.24, 2.45) is 0 Å². The lowest BCUT2D eigenvalue weighted by Gasteiger charge is -2.35. The SMILES string of the molecule is O=C(NC[C@H]1CCCO1)N1CCN(Cc2ccc3c(c2)CCO3)CC1. The molecule has 0 aromatic heterocycles. The van der Waals surface area contributed by atoms with Gasteiger partial charge in [-0.25, -0.2) is 4.79 Å². The molecule has 6 heteroatoms. The van der Waals surface area contributed by atoms with Crippen LogP contribution < -0.4 is 10.1 Å². The molecule has 25 heavy (non-hydrogen) atoms. The van der Waals surface area contributed by atoms with Crippen molar-refractivity contribution in [3.05, 3.63) is 29.3 Å². The highest BCUT2D eigenvalue weighted by Crippen LogP contribution is 2.26. The van der Waals surface area contributed by atoms with Gasteiger partial charge in [0, 0.05) is 52.3 Å². The second-order valence-corrected chi connectivity index (χ2v) is 7.12. The van der Waals surface area contributed by atoms with E-state index in [1.807, 2.05) is 4.90 Å². The molecule has 136 valence electrons. The van der Waals surface area contributed by atoms with E-state index >= 15 is 0 Å². The first-order valence-corrected chi connectivity index (χ1v) is 9.39. The average molecular weight is 345 g/mol. The first-order valence-electron chi connectivity index (χ1n) is 9.39. The van der Waals surface area contributed by atoms with Crippen LogP contribution in [0.3, 0.4) is 0 Å². The molecule has 3 heterocycles. The van der Waals surface area contributed by atoms with Gasteiger partial charge in [-0.15, -0.1) is 0 Å². The predicted octanol–water partition coefficient (Wildman–Crippen LogP) is 1.63. The Balaban J connectivity index is 1.22. The smallest absolute Gasteiger partial charge is 0.317 e. The molecule has 2 saturated heterocycles. The van der Waals surface area contributed by atoms with Crippen molar-refractivity contribution >= 4 is 6.03 Å². The molecule has 2 amide bonds. The molecule has 3 aliphatic heterocycles. The third kappa shape index (κ3) is 4.07. The molecule has 1 aromatic rings. The van der Waals surface area contributed by atoms with Gasteiger partial charge in [0.1, 0.15) is 5.75 Å². The minimum atomic E-state index is 0.0461. The number of nitrogens with one attached hydrogen (secondary N) is 1. The number of urea groups is 1. The van der Waals surface area contributed by atoms with Crippen LogP contribution >= 0.6 is 0 Å². The van der Waals surface area contributed by atoms with Crippen molar-refractivity contribution in [2.45, 2.75) is 31.9 Å². The zero-order valence-electron chi connectivity index (χ0n) is 14.7. The Hall–Kier alpha value is -1.79. The number of carbonyl (C=O) groups is 1. The molecule has 1 atom stereocenters. The van der Waals surface area contributed by atoms with Crippen molar-refractivity contribution in [3.8, 4) is 5.75 Å². The molecule has 0 aliphatic carbocycles. The molecule has 0 saturated carbocycles. The van der Waals surface area contributed by atoms with Crippen LogP contribution in [-0.2, 0) is 17.7 Å². The molecule has 0 unspecified atom stereocenters. The van der Waals surface area contributed by atoms with E-state index in [-0.39, 0.29) is 12.1 Å². The Morgan fingerprint density at radius 1 is 1.20 bits per heavy atom. The maximum absolute atomic E-state index is 12.3. The number of carbonyl (C=O) groups excluding carboxylic acids is 1. The second kappa shape index (κ2) is 7.62. The van der Waals surface area contributed by atoms with Crippen LogP contribution in [0.4, 0.5) is 4.79 Å². The summed E-state index contributed by atoms with van der Waals surface area (Å²) >= 11 is 0. The maximum Gasteiger partial charge on any atom is 0.317 e. The summed E-state index contributed by atoms with van der Waals surface area (Å²) in [6.45, 7) is 6.61. The quantitative estimate of drug-likeness (QED) is 0.901. The van der Waals surface area contributed by atoms with Crippen molar-refractivity contribution in [1.82, 2.24) is 15.1 Å². The average Bonchev–Trinajstić information content (AvgIpc) is 3.31. The summed E-state index contributed by atoms with van der Waals surface area (Å²) < 4.78 is 11.1. The minimum absolute atomic E-state index is 0.0461. The first-order chi connectivity index (χ1) is 12.3. The van der Waals surface area contributed by atoms with Gasteiger partial charge in [-0.05, 0) is 30.0 Å². The summed E-state index contributed by atoms with van der Waals surface area (Å²) in [6.07, 6.45) is 3.38. The zero-order valence-corrected chi connectivity index (χ0v) is 14.7. The Morgan fingerprint density at radius 2 is 2.08 bits per heavy atom. The monoisotopic (exact) mass is 345 g/mol. The second-order valence-electron chi connectivity index (χ2n) is 7.12. The highest BCUT2D eigenvalue weighted by Gasteiger charge is 2.23. The number of hydrogen-bond acceptors (Lipinski definition) is 4. The third-order valence-electron chi connectivity index (χ3n) is 5.32. The van der Waals surface area contributed by atoms with E-state index in [0.29, 0.717) is 6.54 Å². The van der Waals surface area contributed by atoms with Gasteiger partial charge >= 0.3 is 6.03 Å². The molecule has 6 nitrogen and oxygen atoms in total. The largest absolute Gasteiger partial charge is 0.493 e. The fraction of sp³-hybridized carbons (Fsp3) is 0.632. The van der Waals surface area contributed by atoms with E-state index in [2.05, 4.69) is 28.4 Å². The minimum Gasteiger partial charge on any atom is -0.493 e. The maximum atomic E-state index is 12.3. The van der Waals surface area contributed by atoms with Crippen LogP contribution in [0, 0.1) is 0 Å². The van der Waals surface area contributed by atoms with E-state index in [1.54, 1.807) is 0 Å². The number of benzene rings is 1. The van der Waals surface area contributed by atoms with Gasteiger partial charge in [0.05, 0.1) is 12.7 Å². The predicted molar refractivity (Wildman–Crippen MR) is 94.9 cm³/mol. The number of rotatable bonds is 4. The van der Waals surface area contributed by atoms with Gasteiger partial charge in [0.15, 0.2) is 0 Å². The standard InChI is InChI=1S/C19H27N3O3/c23-19(20-13-17-2-1-10-24-17)22-8-6-21(7-9-22)14-15-3-4-18-16(12-15)5-11-25-18/h3-4,12,17H,1-2,5-11,13-14H2,(H,20,23)/t17-/m1/s1. The topological polar surface area (TPSA) is 54.0 Å². The van der Waals surface area contributed by atoms with E-state index in [0.717, 1.165) is 70.9 Å². The summed E-state index contributed by atoms with van der Waals surface area (Å²) in [4.78, 5) is 16.6. The summed E-state index contributed by atoms with van der Waals surface area (Å²) in [6, 6.07) is 6.56. The fourth-order valence-corrected chi connectivity index (χ4v) is 3.82. The fourth-order valence-electron chi connectivity index (χ4n) is 3.82. The van der Waals surface area contributed by atoms with Crippen LogP contribution in [0.5, 0.6) is 5.75 Å². The van der Waals surface area contributed by atoms with Crippen LogP contribution in [0.1, 0.15) is 24.0 Å². The van der Waals surface area contributed by atoms with E-state index in [1.165, 1.54) is 11.1 Å². The number of hydrogen-bond donors (Lipinski definition) is 1. The summed E-state index contributed by atoms with van der Waals surface area (Å²) in [5, 5.41) is 3.02. The first kappa shape index (κ1) is 16.7. The Morgan fingerprint density at radius 3 is 2.88 bits per heavy atom. The molecule has 4 rings (SSSR count). The van der Waals surface area contributed by atoms with Gasteiger partial charge in [0.25, 0.3) is 0 Å². The lowest BCUT2D eigenvalue weighted by Crippen LogP contribution is -2.52. The molecule has 2 fully saturated rings. The lowest BCUT2D eigenvalue weighted by atomic mass is 10.1. The van der Waals surface area contributed by atoms with Crippen molar-refractivity contribution in [1.29, 1.82) is 0 Å². The molecule has 0 bridgehead atoms. The zero-order chi connectivity index (χ0) is 17.1. The number of piperazine rings is 1. The van der Waals surface area contributed by atoms with Crippen LogP contribution in [0.25, 0.3) is 0 Å². The van der Waals surface area contributed by atoms with Crippen LogP contribution in [0.2, 0.25) is 0 Å². The van der Waals surface area contributed by atoms with E-state index in [4.69, 9.17) is 9.47 Å². The Kier molecular flexibility index (Phi) is 5.08. The highest BCUT2D eigenvalue weighted by atomic mass is 16.5. The number of ether oxygens (including phenoxy) is 2. The Labute approximate surface area is 149 Å². The van der Waals surface area contributed by atoms with Crippen LogP contribution in [-0.4, -0.2) is 67.9 Å². The van der Waals surface area contributed by atoms with Crippen LogP contribution in [0.15, 0.2) is 18.2 Å². The van der Waals surface area contributed by atoms with Crippen molar-refractivity contribution < 1.29 is 14.3 Å².